The number of nitrogens with zero attached hydrogens (tertiary/aromatic N) is 3. The van der Waals surface area contributed by atoms with E-state index in [0.717, 1.165) is 0 Å². The van der Waals surface area contributed by atoms with Crippen LogP contribution in [0.15, 0.2) is 6.33 Å². The average Bonchev–Trinajstić information content (AvgIpc) is 2.79. The molecule has 0 radical (unpaired) electrons. The Kier molecular flexibility index (Phi) is 4.45. The number of rotatable bonds is 3. The van der Waals surface area contributed by atoms with E-state index in [1.807, 2.05) is 0 Å². The van der Waals surface area contributed by atoms with Crippen molar-refractivity contribution in [3.8, 4) is 0 Å². The minimum Gasteiger partial charge on any atom is -0.467 e. The third-order valence-electron chi connectivity index (χ3n) is 3.35. The highest BCUT2D eigenvalue weighted by Crippen LogP contribution is 2.35. The molecule has 1 aromatic heterocycles. The second kappa shape index (κ2) is 5.93. The molecular formula is C12H13Cl2N3O3. The summed E-state index contributed by atoms with van der Waals surface area (Å²) in [5.74, 6) is -0.601. The number of hydrogen-bond acceptors (Lipinski definition) is 5. The Labute approximate surface area is 126 Å². The van der Waals surface area contributed by atoms with Crippen molar-refractivity contribution in [3.63, 3.8) is 0 Å². The smallest absolute Gasteiger partial charge is 0.328 e. The maximum absolute atomic E-state index is 12.0. The van der Waals surface area contributed by atoms with Crippen LogP contribution in [0.4, 0.5) is 0 Å². The molecule has 0 spiro atoms. The van der Waals surface area contributed by atoms with Gasteiger partial charge in [-0.1, -0.05) is 23.2 Å². The molecule has 108 valence electrons. The number of likely N-dealkylation sites (tertiary alicyclic amines) is 1. The van der Waals surface area contributed by atoms with Crippen molar-refractivity contribution < 1.29 is 14.3 Å². The lowest BCUT2D eigenvalue weighted by molar-refractivity contribution is -0.150. The van der Waals surface area contributed by atoms with Gasteiger partial charge in [-0.2, -0.15) is 0 Å². The SMILES string of the molecule is COC(=O)C1CCC(=O)N1C(C)c1c(Cl)ncnc1Cl. The first-order valence-electron chi connectivity index (χ1n) is 6.02. The molecule has 0 aromatic carbocycles. The number of hydrogen-bond donors (Lipinski definition) is 0. The van der Waals surface area contributed by atoms with Gasteiger partial charge in [-0.3, -0.25) is 4.79 Å². The lowest BCUT2D eigenvalue weighted by Crippen LogP contribution is -2.41. The molecule has 1 aliphatic rings. The van der Waals surface area contributed by atoms with Gasteiger partial charge in [-0.25, -0.2) is 14.8 Å². The molecule has 8 heteroatoms. The van der Waals surface area contributed by atoms with Crippen molar-refractivity contribution >= 4 is 35.1 Å². The molecule has 1 amide bonds. The molecule has 1 saturated heterocycles. The van der Waals surface area contributed by atoms with Gasteiger partial charge in [-0.15, -0.1) is 0 Å². The Morgan fingerprint density at radius 2 is 2.05 bits per heavy atom. The van der Waals surface area contributed by atoms with Gasteiger partial charge in [0, 0.05) is 12.0 Å². The summed E-state index contributed by atoms with van der Waals surface area (Å²) in [5.41, 5.74) is 0.431. The topological polar surface area (TPSA) is 72.4 Å². The second-order valence-electron chi connectivity index (χ2n) is 4.42. The van der Waals surface area contributed by atoms with Crippen molar-refractivity contribution in [2.45, 2.75) is 31.8 Å². The molecule has 20 heavy (non-hydrogen) atoms. The molecule has 2 heterocycles. The van der Waals surface area contributed by atoms with Gasteiger partial charge in [0.05, 0.1) is 13.2 Å². The van der Waals surface area contributed by atoms with Crippen molar-refractivity contribution in [2.24, 2.45) is 0 Å². The lowest BCUT2D eigenvalue weighted by Gasteiger charge is -2.30. The molecular weight excluding hydrogens is 305 g/mol. The summed E-state index contributed by atoms with van der Waals surface area (Å²) < 4.78 is 4.73. The number of carbonyl (C=O) groups is 2. The summed E-state index contributed by atoms with van der Waals surface area (Å²) in [5, 5.41) is 0.335. The fourth-order valence-electron chi connectivity index (χ4n) is 2.39. The van der Waals surface area contributed by atoms with Gasteiger partial charge in [-0.05, 0) is 13.3 Å². The zero-order valence-electron chi connectivity index (χ0n) is 11.0. The Hall–Kier alpha value is -1.40. The summed E-state index contributed by atoms with van der Waals surface area (Å²) >= 11 is 12.0. The van der Waals surface area contributed by atoms with Crippen LogP contribution in [0, 0.1) is 0 Å². The molecule has 2 rings (SSSR count). The highest BCUT2D eigenvalue weighted by atomic mass is 35.5. The van der Waals surface area contributed by atoms with Crippen LogP contribution < -0.4 is 0 Å². The van der Waals surface area contributed by atoms with Gasteiger partial charge in [0.2, 0.25) is 5.91 Å². The van der Waals surface area contributed by atoms with E-state index in [-0.39, 0.29) is 22.6 Å². The molecule has 2 unspecified atom stereocenters. The summed E-state index contributed by atoms with van der Waals surface area (Å²) in [6.07, 6.45) is 1.94. The van der Waals surface area contributed by atoms with Gasteiger partial charge >= 0.3 is 5.97 Å². The highest BCUT2D eigenvalue weighted by Gasteiger charge is 2.41. The largest absolute Gasteiger partial charge is 0.467 e. The third kappa shape index (κ3) is 2.58. The van der Waals surface area contributed by atoms with Gasteiger partial charge in [0.25, 0.3) is 0 Å². The predicted molar refractivity (Wildman–Crippen MR) is 72.4 cm³/mol. The maximum Gasteiger partial charge on any atom is 0.328 e. The van der Waals surface area contributed by atoms with Crippen LogP contribution >= 0.6 is 23.2 Å². The van der Waals surface area contributed by atoms with Crippen LogP contribution in [-0.4, -0.2) is 39.9 Å². The molecule has 1 aliphatic heterocycles. The molecule has 6 nitrogen and oxygen atoms in total. The zero-order chi connectivity index (χ0) is 14.9. The van der Waals surface area contributed by atoms with E-state index < -0.39 is 18.1 Å². The van der Waals surface area contributed by atoms with Crippen LogP contribution in [0.25, 0.3) is 0 Å². The van der Waals surface area contributed by atoms with Crippen molar-refractivity contribution in [1.82, 2.24) is 14.9 Å². The average molecular weight is 318 g/mol. The fourth-order valence-corrected chi connectivity index (χ4v) is 3.02. The summed E-state index contributed by atoms with van der Waals surface area (Å²) in [6.45, 7) is 1.73. The van der Waals surface area contributed by atoms with Gasteiger partial charge in [0.1, 0.15) is 22.7 Å². The first kappa shape index (κ1) is 15.0. The van der Waals surface area contributed by atoms with E-state index in [2.05, 4.69) is 9.97 Å². The fraction of sp³-hybridized carbons (Fsp3) is 0.500. The van der Waals surface area contributed by atoms with Crippen LogP contribution in [0.1, 0.15) is 31.4 Å². The number of aromatic nitrogens is 2. The van der Waals surface area contributed by atoms with Crippen LogP contribution in [0.2, 0.25) is 10.3 Å². The lowest BCUT2D eigenvalue weighted by atomic mass is 10.1. The number of ether oxygens (including phenoxy) is 1. The monoisotopic (exact) mass is 317 g/mol. The molecule has 0 saturated carbocycles. The molecule has 0 aliphatic carbocycles. The van der Waals surface area contributed by atoms with E-state index in [1.54, 1.807) is 6.92 Å². The number of halogens is 2. The Morgan fingerprint density at radius 3 is 2.60 bits per heavy atom. The summed E-state index contributed by atoms with van der Waals surface area (Å²) in [4.78, 5) is 33.0. The zero-order valence-corrected chi connectivity index (χ0v) is 12.5. The van der Waals surface area contributed by atoms with Crippen molar-refractivity contribution in [3.05, 3.63) is 22.2 Å². The first-order chi connectivity index (χ1) is 9.47. The summed E-state index contributed by atoms with van der Waals surface area (Å²) in [6, 6.07) is -1.13. The van der Waals surface area contributed by atoms with E-state index in [0.29, 0.717) is 12.0 Å². The normalized spacial score (nSPS) is 20.1. The molecule has 1 aromatic rings. The van der Waals surface area contributed by atoms with Crippen molar-refractivity contribution in [2.75, 3.05) is 7.11 Å². The van der Waals surface area contributed by atoms with Gasteiger partial charge < -0.3 is 9.64 Å². The maximum atomic E-state index is 12.0. The molecule has 2 atom stereocenters. The third-order valence-corrected chi connectivity index (χ3v) is 3.95. The second-order valence-corrected chi connectivity index (χ2v) is 5.14. The number of carbonyl (C=O) groups excluding carboxylic acids is 2. The minimum absolute atomic E-state index is 0.149. The number of amides is 1. The number of esters is 1. The number of methoxy groups -OCH3 is 1. The van der Waals surface area contributed by atoms with Crippen LogP contribution in [0.5, 0.6) is 0 Å². The quantitative estimate of drug-likeness (QED) is 0.630. The van der Waals surface area contributed by atoms with Gasteiger partial charge in [0.15, 0.2) is 0 Å². The first-order valence-corrected chi connectivity index (χ1v) is 6.77. The van der Waals surface area contributed by atoms with E-state index >= 15 is 0 Å². The molecule has 1 fully saturated rings. The van der Waals surface area contributed by atoms with E-state index in [1.165, 1.54) is 18.3 Å². The Bertz CT molecular complexity index is 532. The van der Waals surface area contributed by atoms with Crippen LogP contribution in [0.3, 0.4) is 0 Å². The van der Waals surface area contributed by atoms with E-state index in [4.69, 9.17) is 27.9 Å². The minimum atomic E-state index is -0.630. The van der Waals surface area contributed by atoms with Crippen molar-refractivity contribution in [1.29, 1.82) is 0 Å². The highest BCUT2D eigenvalue weighted by molar-refractivity contribution is 6.34. The van der Waals surface area contributed by atoms with E-state index in [9.17, 15) is 9.59 Å². The summed E-state index contributed by atoms with van der Waals surface area (Å²) in [7, 11) is 1.29. The molecule has 0 N–H and O–H groups in total. The molecule has 0 bridgehead atoms. The van der Waals surface area contributed by atoms with Crippen LogP contribution in [-0.2, 0) is 14.3 Å². The Balaban J connectivity index is 2.37. The standard InChI is InChI=1S/C12H13Cl2N3O3/c1-6(9-10(13)15-5-16-11(9)14)17-7(12(19)20-2)3-4-8(17)18/h5-7H,3-4H2,1-2H3. The predicted octanol–water partition coefficient (Wildman–Crippen LogP) is 2.01. The Morgan fingerprint density at radius 1 is 1.45 bits per heavy atom.